The maximum absolute atomic E-state index is 13.6. The van der Waals surface area contributed by atoms with Gasteiger partial charge in [0.2, 0.25) is 21.2 Å². The fraction of sp³-hybridized carbons (Fsp3) is 0.222. The Kier molecular flexibility index (Phi) is 6.94. The Bertz CT molecular complexity index is 1620. The lowest BCUT2D eigenvalue weighted by Crippen LogP contribution is -2.24. The number of hydrogen-bond acceptors (Lipinski definition) is 6. The SMILES string of the molecule is CCOc1ccc(NC(=O)Cn2cc(S(=O)(=O)c3ccc(C)cc3C)c(=O)c3ccc(C)nc32)cc1. The highest BCUT2D eigenvalue weighted by Crippen LogP contribution is 2.24. The van der Waals surface area contributed by atoms with E-state index in [0.29, 0.717) is 29.3 Å². The Hall–Kier alpha value is -3.98. The number of aromatic nitrogens is 2. The van der Waals surface area contributed by atoms with Gasteiger partial charge in [-0.15, -0.1) is 0 Å². The molecule has 0 spiro atoms. The number of aryl methyl sites for hydroxylation is 3. The summed E-state index contributed by atoms with van der Waals surface area (Å²) in [4.78, 5) is 30.3. The molecule has 2 aromatic carbocycles. The minimum atomic E-state index is -4.15. The van der Waals surface area contributed by atoms with Crippen LogP contribution in [0.1, 0.15) is 23.7 Å². The van der Waals surface area contributed by atoms with Crippen LogP contribution in [0.3, 0.4) is 0 Å². The van der Waals surface area contributed by atoms with E-state index in [4.69, 9.17) is 4.74 Å². The highest BCUT2D eigenvalue weighted by molar-refractivity contribution is 7.91. The third-order valence-corrected chi connectivity index (χ3v) is 7.61. The number of carbonyl (C=O) groups excluding carboxylic acids is 1. The van der Waals surface area contributed by atoms with E-state index in [0.717, 1.165) is 5.56 Å². The van der Waals surface area contributed by atoms with Gasteiger partial charge in [-0.2, -0.15) is 0 Å². The zero-order valence-corrected chi connectivity index (χ0v) is 21.3. The van der Waals surface area contributed by atoms with Gasteiger partial charge in [-0.05, 0) is 75.7 Å². The van der Waals surface area contributed by atoms with E-state index in [1.165, 1.54) is 16.8 Å². The molecule has 9 heteroatoms. The molecule has 0 aliphatic rings. The number of fused-ring (bicyclic) bond motifs is 1. The van der Waals surface area contributed by atoms with Gasteiger partial charge < -0.3 is 14.6 Å². The van der Waals surface area contributed by atoms with Crippen molar-refractivity contribution in [1.29, 1.82) is 0 Å². The van der Waals surface area contributed by atoms with Crippen molar-refractivity contribution in [2.24, 2.45) is 0 Å². The molecule has 0 bridgehead atoms. The highest BCUT2D eigenvalue weighted by Gasteiger charge is 2.26. The van der Waals surface area contributed by atoms with Crippen molar-refractivity contribution in [3.63, 3.8) is 0 Å². The number of sulfone groups is 1. The lowest BCUT2D eigenvalue weighted by atomic mass is 10.2. The molecule has 0 saturated carbocycles. The molecular weight excluding hydrogens is 478 g/mol. The summed E-state index contributed by atoms with van der Waals surface area (Å²) in [6, 6.07) is 15.0. The van der Waals surface area contributed by atoms with Gasteiger partial charge in [-0.3, -0.25) is 9.59 Å². The predicted octanol–water partition coefficient (Wildman–Crippen LogP) is 4.19. The summed E-state index contributed by atoms with van der Waals surface area (Å²) in [5, 5.41) is 2.91. The van der Waals surface area contributed by atoms with Gasteiger partial charge in [0.15, 0.2) is 0 Å². The first kappa shape index (κ1) is 25.1. The molecule has 0 radical (unpaired) electrons. The number of hydrogen-bond donors (Lipinski definition) is 1. The Labute approximate surface area is 209 Å². The van der Waals surface area contributed by atoms with Crippen molar-refractivity contribution in [2.45, 2.75) is 44.0 Å². The van der Waals surface area contributed by atoms with Crippen LogP contribution in [0.2, 0.25) is 0 Å². The van der Waals surface area contributed by atoms with E-state index in [9.17, 15) is 18.0 Å². The first-order valence-corrected chi connectivity index (χ1v) is 12.9. The van der Waals surface area contributed by atoms with E-state index in [1.54, 1.807) is 62.4 Å². The molecule has 36 heavy (non-hydrogen) atoms. The van der Waals surface area contributed by atoms with Crippen molar-refractivity contribution < 1.29 is 17.9 Å². The number of benzene rings is 2. The van der Waals surface area contributed by atoms with E-state index >= 15 is 0 Å². The summed E-state index contributed by atoms with van der Waals surface area (Å²) in [6.45, 7) is 7.49. The number of ether oxygens (including phenoxy) is 1. The number of carbonyl (C=O) groups is 1. The number of nitrogens with one attached hydrogen (secondary N) is 1. The smallest absolute Gasteiger partial charge is 0.244 e. The first-order valence-electron chi connectivity index (χ1n) is 11.5. The van der Waals surface area contributed by atoms with Gasteiger partial charge in [-0.1, -0.05) is 17.7 Å². The molecule has 0 saturated heterocycles. The third-order valence-electron chi connectivity index (χ3n) is 5.70. The second-order valence-corrected chi connectivity index (χ2v) is 10.4. The fourth-order valence-corrected chi connectivity index (χ4v) is 5.61. The first-order chi connectivity index (χ1) is 17.1. The molecule has 186 valence electrons. The molecule has 0 aliphatic carbocycles. The van der Waals surface area contributed by atoms with Crippen molar-refractivity contribution in [2.75, 3.05) is 11.9 Å². The largest absolute Gasteiger partial charge is 0.494 e. The normalized spacial score (nSPS) is 11.4. The molecule has 2 aromatic heterocycles. The van der Waals surface area contributed by atoms with Crippen molar-refractivity contribution in [3.05, 3.63) is 87.8 Å². The van der Waals surface area contributed by atoms with Gasteiger partial charge in [0.05, 0.1) is 16.9 Å². The molecular formula is C27H27N3O5S. The molecule has 0 aliphatic heterocycles. The van der Waals surface area contributed by atoms with Crippen LogP contribution in [0, 0.1) is 20.8 Å². The zero-order valence-electron chi connectivity index (χ0n) is 20.5. The van der Waals surface area contributed by atoms with Crippen LogP contribution >= 0.6 is 0 Å². The van der Waals surface area contributed by atoms with Crippen LogP contribution < -0.4 is 15.5 Å². The molecule has 4 rings (SSSR count). The van der Waals surface area contributed by atoms with Gasteiger partial charge in [0, 0.05) is 17.6 Å². The van der Waals surface area contributed by atoms with Crippen LogP contribution in [0.5, 0.6) is 5.75 Å². The van der Waals surface area contributed by atoms with Crippen molar-refractivity contribution >= 4 is 32.5 Å². The maximum atomic E-state index is 13.6. The second kappa shape index (κ2) is 9.94. The summed E-state index contributed by atoms with van der Waals surface area (Å²) in [5.74, 6) is 0.283. The van der Waals surface area contributed by atoms with E-state index in [-0.39, 0.29) is 22.5 Å². The van der Waals surface area contributed by atoms with Crippen LogP contribution in [-0.4, -0.2) is 30.5 Å². The van der Waals surface area contributed by atoms with Gasteiger partial charge in [0.25, 0.3) is 0 Å². The van der Waals surface area contributed by atoms with E-state index in [1.807, 2.05) is 13.8 Å². The highest BCUT2D eigenvalue weighted by atomic mass is 32.2. The standard InChI is InChI=1S/C27H27N3O5S/c1-5-35-21-10-8-20(9-11-21)29-25(31)16-30-15-24(26(32)22-12-7-19(4)28-27(22)30)36(33,34)23-13-6-17(2)14-18(23)3/h6-15H,5,16H2,1-4H3,(H,29,31). The van der Waals surface area contributed by atoms with Crippen LogP contribution in [0.25, 0.3) is 11.0 Å². The fourth-order valence-electron chi connectivity index (χ4n) is 4.02. The molecule has 0 fully saturated rings. The molecule has 1 amide bonds. The number of rotatable bonds is 7. The average molecular weight is 506 g/mol. The summed E-state index contributed by atoms with van der Waals surface area (Å²) in [7, 11) is -4.15. The molecule has 8 nitrogen and oxygen atoms in total. The summed E-state index contributed by atoms with van der Waals surface area (Å²) in [5.41, 5.74) is 2.22. The maximum Gasteiger partial charge on any atom is 0.244 e. The topological polar surface area (TPSA) is 107 Å². The summed E-state index contributed by atoms with van der Waals surface area (Å²) >= 11 is 0. The third kappa shape index (κ3) is 5.01. The van der Waals surface area contributed by atoms with Gasteiger partial charge in [-0.25, -0.2) is 13.4 Å². The molecule has 0 unspecified atom stereocenters. The summed E-state index contributed by atoms with van der Waals surface area (Å²) in [6.07, 6.45) is 1.21. The molecule has 2 heterocycles. The Morgan fingerprint density at radius 1 is 1.00 bits per heavy atom. The predicted molar refractivity (Wildman–Crippen MR) is 138 cm³/mol. The molecule has 0 atom stereocenters. The average Bonchev–Trinajstić information content (AvgIpc) is 2.82. The number of nitrogens with zero attached hydrogens (tertiary/aromatic N) is 2. The van der Waals surface area contributed by atoms with E-state index in [2.05, 4.69) is 10.3 Å². The quantitative estimate of drug-likeness (QED) is 0.404. The lowest BCUT2D eigenvalue weighted by molar-refractivity contribution is -0.116. The number of amides is 1. The lowest BCUT2D eigenvalue weighted by Gasteiger charge is -2.15. The minimum absolute atomic E-state index is 0.0509. The van der Waals surface area contributed by atoms with Gasteiger partial charge >= 0.3 is 0 Å². The Morgan fingerprint density at radius 2 is 1.72 bits per heavy atom. The molecule has 1 N–H and O–H groups in total. The van der Waals surface area contributed by atoms with Crippen LogP contribution in [-0.2, 0) is 21.2 Å². The Balaban J connectivity index is 1.77. The van der Waals surface area contributed by atoms with Crippen molar-refractivity contribution in [1.82, 2.24) is 9.55 Å². The zero-order chi connectivity index (χ0) is 26.0. The number of pyridine rings is 2. The number of anilines is 1. The van der Waals surface area contributed by atoms with Crippen LogP contribution in [0.15, 0.2) is 75.4 Å². The molecule has 4 aromatic rings. The van der Waals surface area contributed by atoms with Gasteiger partial charge in [0.1, 0.15) is 22.8 Å². The van der Waals surface area contributed by atoms with Crippen LogP contribution in [0.4, 0.5) is 5.69 Å². The van der Waals surface area contributed by atoms with E-state index < -0.39 is 26.1 Å². The second-order valence-electron chi connectivity index (χ2n) is 8.55. The summed E-state index contributed by atoms with van der Waals surface area (Å²) < 4.78 is 34.0. The minimum Gasteiger partial charge on any atom is -0.494 e. The Morgan fingerprint density at radius 3 is 2.39 bits per heavy atom. The van der Waals surface area contributed by atoms with Crippen molar-refractivity contribution in [3.8, 4) is 5.75 Å². The monoisotopic (exact) mass is 505 g/mol.